The van der Waals surface area contributed by atoms with Gasteiger partial charge in [0, 0.05) is 0 Å². The van der Waals surface area contributed by atoms with Gasteiger partial charge < -0.3 is 5.11 Å². The maximum Gasteiger partial charge on any atom is 0.0832 e. The zero-order valence-corrected chi connectivity index (χ0v) is 8.93. The predicted octanol–water partition coefficient (Wildman–Crippen LogP) is 2.96. The molecule has 1 aromatic heterocycles. The molecule has 60 valence electrons. The highest BCUT2D eigenvalue weighted by Gasteiger charge is 2.06. The molecule has 1 nitrogen and oxygen atoms in total. The fraction of sp³-hybridized carbons (Fsp3) is 0.250. The van der Waals surface area contributed by atoms with E-state index in [4.69, 9.17) is 0 Å². The maximum absolute atomic E-state index is 9.47. The number of halogens is 1. The van der Waals surface area contributed by atoms with Crippen molar-refractivity contribution in [2.24, 2.45) is 0 Å². The van der Waals surface area contributed by atoms with Crippen molar-refractivity contribution in [2.45, 2.75) is 12.5 Å². The van der Waals surface area contributed by atoms with Gasteiger partial charge in [-0.15, -0.1) is 17.9 Å². The van der Waals surface area contributed by atoms with Crippen molar-refractivity contribution >= 4 is 33.9 Å². The third kappa shape index (κ3) is 2.57. The molecule has 0 fully saturated rings. The summed E-state index contributed by atoms with van der Waals surface area (Å²) in [4.78, 5) is 0. The fourth-order valence-corrected chi connectivity index (χ4v) is 2.21. The van der Waals surface area contributed by atoms with Gasteiger partial charge in [0.2, 0.25) is 0 Å². The molecule has 0 aliphatic rings. The van der Waals surface area contributed by atoms with E-state index in [1.165, 1.54) is 2.88 Å². The summed E-state index contributed by atoms with van der Waals surface area (Å²) < 4.78 is 1.21. The highest BCUT2D eigenvalue weighted by Crippen LogP contribution is 2.24. The topological polar surface area (TPSA) is 20.2 Å². The Balaban J connectivity index is 2.67. The number of aliphatic hydroxyl groups excluding tert-OH is 1. The Kier molecular flexibility index (Phi) is 3.54. The van der Waals surface area contributed by atoms with Crippen LogP contribution in [0.3, 0.4) is 0 Å². The van der Waals surface area contributed by atoms with Crippen LogP contribution < -0.4 is 0 Å². The predicted molar refractivity (Wildman–Crippen MR) is 56.8 cm³/mol. The minimum absolute atomic E-state index is 0.368. The van der Waals surface area contributed by atoms with Crippen LogP contribution in [0.25, 0.3) is 0 Å². The van der Waals surface area contributed by atoms with E-state index in [-0.39, 0.29) is 6.10 Å². The molecule has 0 spiro atoms. The van der Waals surface area contributed by atoms with E-state index in [0.29, 0.717) is 6.42 Å². The first-order chi connectivity index (χ1) is 5.24. The Bertz CT molecular complexity index is 244. The quantitative estimate of drug-likeness (QED) is 0.666. The van der Waals surface area contributed by atoms with E-state index >= 15 is 0 Å². The summed E-state index contributed by atoms with van der Waals surface area (Å²) in [5, 5.41) is 11.4. The second-order valence-corrected chi connectivity index (χ2v) is 5.03. The van der Waals surface area contributed by atoms with E-state index in [2.05, 4.69) is 29.2 Å². The molecular weight excluding hydrogens is 271 g/mol. The van der Waals surface area contributed by atoms with Crippen LogP contribution in [-0.4, -0.2) is 5.11 Å². The molecule has 0 aromatic carbocycles. The Morgan fingerprint density at radius 3 is 3.00 bits per heavy atom. The fourth-order valence-electron chi connectivity index (χ4n) is 0.792. The molecule has 1 rings (SSSR count). The average molecular weight is 280 g/mol. The summed E-state index contributed by atoms with van der Waals surface area (Å²) >= 11 is 3.89. The number of rotatable bonds is 3. The molecule has 1 N–H and O–H groups in total. The highest BCUT2D eigenvalue weighted by atomic mass is 127. The molecule has 1 aromatic rings. The lowest BCUT2D eigenvalue weighted by atomic mass is 10.1. The van der Waals surface area contributed by atoms with Gasteiger partial charge in [0.1, 0.15) is 0 Å². The first-order valence-electron chi connectivity index (χ1n) is 3.27. The molecule has 0 aliphatic heterocycles. The molecule has 0 bridgehead atoms. The van der Waals surface area contributed by atoms with Crippen LogP contribution in [0.4, 0.5) is 0 Å². The van der Waals surface area contributed by atoms with Gasteiger partial charge in [0.25, 0.3) is 0 Å². The number of hydrogen-bond acceptors (Lipinski definition) is 2. The van der Waals surface area contributed by atoms with Crippen molar-refractivity contribution < 1.29 is 5.11 Å². The summed E-state index contributed by atoms with van der Waals surface area (Å²) in [5.74, 6) is 0. The first-order valence-corrected chi connectivity index (χ1v) is 5.22. The second-order valence-electron chi connectivity index (χ2n) is 2.22. The van der Waals surface area contributed by atoms with Crippen molar-refractivity contribution in [3.05, 3.63) is 32.5 Å². The summed E-state index contributed by atoms with van der Waals surface area (Å²) in [6.07, 6.45) is 1.99. The lowest BCUT2D eigenvalue weighted by Gasteiger charge is -2.03. The van der Waals surface area contributed by atoms with Crippen LogP contribution >= 0.6 is 33.9 Å². The number of aliphatic hydroxyl groups is 1. The van der Waals surface area contributed by atoms with E-state index in [1.807, 2.05) is 11.4 Å². The first kappa shape index (κ1) is 9.22. The van der Waals surface area contributed by atoms with Gasteiger partial charge in [-0.3, -0.25) is 0 Å². The molecule has 1 unspecified atom stereocenters. The molecule has 0 saturated carbocycles. The number of thiophene rings is 1. The normalized spacial score (nSPS) is 12.9. The van der Waals surface area contributed by atoms with Gasteiger partial charge in [0.15, 0.2) is 0 Å². The van der Waals surface area contributed by atoms with Gasteiger partial charge in [-0.05, 0) is 46.0 Å². The van der Waals surface area contributed by atoms with Crippen molar-refractivity contribution in [3.8, 4) is 0 Å². The lowest BCUT2D eigenvalue weighted by molar-refractivity contribution is 0.182. The molecule has 0 amide bonds. The van der Waals surface area contributed by atoms with Crippen molar-refractivity contribution in [1.29, 1.82) is 0 Å². The molecule has 0 saturated heterocycles. The van der Waals surface area contributed by atoms with E-state index in [0.717, 1.165) is 5.56 Å². The Labute approximate surface area is 83.9 Å². The third-order valence-corrected chi connectivity index (χ3v) is 3.17. The van der Waals surface area contributed by atoms with Crippen LogP contribution in [0.5, 0.6) is 0 Å². The standard InChI is InChI=1S/C8H9IOS/c1-2-3-7(10)6-4-8(9)11-5-6/h2,4-5,7,10H,1,3H2. The van der Waals surface area contributed by atoms with Crippen LogP contribution in [0.1, 0.15) is 18.1 Å². The Morgan fingerprint density at radius 1 is 1.82 bits per heavy atom. The van der Waals surface area contributed by atoms with Crippen LogP contribution in [0.2, 0.25) is 0 Å². The molecule has 3 heteroatoms. The van der Waals surface area contributed by atoms with Gasteiger partial charge in [0.05, 0.1) is 8.99 Å². The maximum atomic E-state index is 9.47. The van der Waals surface area contributed by atoms with Gasteiger partial charge in [-0.25, -0.2) is 0 Å². The van der Waals surface area contributed by atoms with Crippen LogP contribution in [-0.2, 0) is 0 Å². The van der Waals surface area contributed by atoms with Crippen LogP contribution in [0, 0.1) is 2.88 Å². The summed E-state index contributed by atoms with van der Waals surface area (Å²) in [7, 11) is 0. The molecule has 1 atom stereocenters. The van der Waals surface area contributed by atoms with Crippen LogP contribution in [0.15, 0.2) is 24.1 Å². The summed E-state index contributed by atoms with van der Waals surface area (Å²) in [6, 6.07) is 2.00. The molecule has 11 heavy (non-hydrogen) atoms. The summed E-state index contributed by atoms with van der Waals surface area (Å²) in [6.45, 7) is 3.57. The highest BCUT2D eigenvalue weighted by molar-refractivity contribution is 14.1. The third-order valence-electron chi connectivity index (χ3n) is 1.36. The molecule has 0 aliphatic carbocycles. The minimum atomic E-state index is -0.368. The molecule has 1 heterocycles. The lowest BCUT2D eigenvalue weighted by Crippen LogP contribution is -1.91. The summed E-state index contributed by atoms with van der Waals surface area (Å²) in [5.41, 5.74) is 0.999. The molecular formula is C8H9IOS. The van der Waals surface area contributed by atoms with E-state index in [1.54, 1.807) is 17.4 Å². The smallest absolute Gasteiger partial charge is 0.0832 e. The second kappa shape index (κ2) is 4.23. The molecule has 0 radical (unpaired) electrons. The average Bonchev–Trinajstić information content (AvgIpc) is 2.36. The van der Waals surface area contributed by atoms with Gasteiger partial charge in [-0.1, -0.05) is 6.08 Å². The zero-order valence-electron chi connectivity index (χ0n) is 5.96. The van der Waals surface area contributed by atoms with Gasteiger partial charge >= 0.3 is 0 Å². The Morgan fingerprint density at radius 2 is 2.55 bits per heavy atom. The number of hydrogen-bond donors (Lipinski definition) is 1. The van der Waals surface area contributed by atoms with Crippen molar-refractivity contribution in [3.63, 3.8) is 0 Å². The minimum Gasteiger partial charge on any atom is -0.388 e. The largest absolute Gasteiger partial charge is 0.388 e. The van der Waals surface area contributed by atoms with Crippen molar-refractivity contribution in [1.82, 2.24) is 0 Å². The van der Waals surface area contributed by atoms with E-state index in [9.17, 15) is 5.11 Å². The monoisotopic (exact) mass is 280 g/mol. The van der Waals surface area contributed by atoms with Gasteiger partial charge in [-0.2, -0.15) is 0 Å². The van der Waals surface area contributed by atoms with E-state index < -0.39 is 0 Å². The SMILES string of the molecule is C=CCC(O)c1csc(I)c1. The van der Waals surface area contributed by atoms with Crippen molar-refractivity contribution in [2.75, 3.05) is 0 Å². The Hall–Kier alpha value is 0.130. The zero-order chi connectivity index (χ0) is 8.27.